The van der Waals surface area contributed by atoms with Crippen LogP contribution >= 0.6 is 0 Å². The Kier molecular flexibility index (Phi) is 6.34. The van der Waals surface area contributed by atoms with Gasteiger partial charge in [0.2, 0.25) is 0 Å². The highest BCUT2D eigenvalue weighted by Gasteiger charge is 2.19. The van der Waals surface area contributed by atoms with Crippen LogP contribution in [0.25, 0.3) is 0 Å². The molecule has 0 atom stereocenters. The highest BCUT2D eigenvalue weighted by Crippen LogP contribution is 2.27. The minimum Gasteiger partial charge on any atom is -0.493 e. The Bertz CT molecular complexity index is 390. The second-order valence-corrected chi connectivity index (χ2v) is 5.70. The molecule has 1 aromatic carbocycles. The van der Waals surface area contributed by atoms with E-state index in [4.69, 9.17) is 10.5 Å². The van der Waals surface area contributed by atoms with E-state index < -0.39 is 0 Å². The number of benzene rings is 1. The zero-order valence-electron chi connectivity index (χ0n) is 12.7. The van der Waals surface area contributed by atoms with Crippen molar-refractivity contribution >= 4 is 0 Å². The monoisotopic (exact) mass is 276 g/mol. The van der Waals surface area contributed by atoms with Crippen molar-refractivity contribution in [2.24, 2.45) is 11.7 Å². The largest absolute Gasteiger partial charge is 0.493 e. The number of para-hydroxylation sites is 1. The van der Waals surface area contributed by atoms with Crippen LogP contribution in [0.3, 0.4) is 0 Å². The molecule has 2 rings (SSSR count). The van der Waals surface area contributed by atoms with Crippen LogP contribution in [0, 0.1) is 5.92 Å². The number of nitrogens with zero attached hydrogens (tertiary/aromatic N) is 1. The Hall–Kier alpha value is -1.06. The van der Waals surface area contributed by atoms with Gasteiger partial charge in [-0.25, -0.2) is 0 Å². The molecule has 1 fully saturated rings. The smallest absolute Gasteiger partial charge is 0.123 e. The lowest BCUT2D eigenvalue weighted by Crippen LogP contribution is -2.33. The van der Waals surface area contributed by atoms with Crippen molar-refractivity contribution in [2.45, 2.75) is 39.2 Å². The highest BCUT2D eigenvalue weighted by molar-refractivity contribution is 5.32. The Morgan fingerprint density at radius 2 is 2.10 bits per heavy atom. The van der Waals surface area contributed by atoms with Crippen LogP contribution in [0.4, 0.5) is 0 Å². The third kappa shape index (κ3) is 4.50. The molecule has 0 bridgehead atoms. The van der Waals surface area contributed by atoms with Gasteiger partial charge in [0.05, 0.1) is 6.61 Å². The summed E-state index contributed by atoms with van der Waals surface area (Å²) in [6.45, 7) is 7.13. The van der Waals surface area contributed by atoms with Crippen LogP contribution in [0.1, 0.15) is 38.2 Å². The number of hydrogen-bond acceptors (Lipinski definition) is 3. The van der Waals surface area contributed by atoms with Crippen LogP contribution in [0.5, 0.6) is 5.75 Å². The SMILES string of the molecule is CCN(CCCOc1ccccc1CN)CC1CCC1. The van der Waals surface area contributed by atoms with Gasteiger partial charge in [-0.1, -0.05) is 31.5 Å². The van der Waals surface area contributed by atoms with Crippen LogP contribution in [-0.4, -0.2) is 31.1 Å². The summed E-state index contributed by atoms with van der Waals surface area (Å²) in [5.74, 6) is 1.89. The zero-order valence-corrected chi connectivity index (χ0v) is 12.7. The van der Waals surface area contributed by atoms with Crippen molar-refractivity contribution in [3.63, 3.8) is 0 Å². The molecule has 0 heterocycles. The predicted molar refractivity (Wildman–Crippen MR) is 83.9 cm³/mol. The summed E-state index contributed by atoms with van der Waals surface area (Å²) in [6.07, 6.45) is 5.37. The van der Waals surface area contributed by atoms with E-state index in [1.807, 2.05) is 24.3 Å². The molecular weight excluding hydrogens is 248 g/mol. The minimum atomic E-state index is 0.541. The lowest BCUT2D eigenvalue weighted by molar-refractivity contribution is 0.172. The van der Waals surface area contributed by atoms with E-state index in [9.17, 15) is 0 Å². The molecule has 3 nitrogen and oxygen atoms in total. The first-order chi connectivity index (χ1) is 9.83. The topological polar surface area (TPSA) is 38.5 Å². The molecule has 0 unspecified atom stereocenters. The van der Waals surface area contributed by atoms with Gasteiger partial charge in [-0.3, -0.25) is 0 Å². The molecule has 0 amide bonds. The molecule has 0 saturated heterocycles. The summed E-state index contributed by atoms with van der Waals surface area (Å²) in [4.78, 5) is 2.56. The third-order valence-electron chi connectivity index (χ3n) is 4.26. The molecule has 1 aromatic rings. The number of rotatable bonds is 9. The second-order valence-electron chi connectivity index (χ2n) is 5.70. The van der Waals surface area contributed by atoms with Gasteiger partial charge >= 0.3 is 0 Å². The molecule has 0 aromatic heterocycles. The van der Waals surface area contributed by atoms with Crippen molar-refractivity contribution in [1.82, 2.24) is 4.90 Å². The van der Waals surface area contributed by atoms with E-state index in [2.05, 4.69) is 11.8 Å². The fourth-order valence-corrected chi connectivity index (χ4v) is 2.70. The van der Waals surface area contributed by atoms with Gasteiger partial charge in [0.25, 0.3) is 0 Å². The molecule has 2 N–H and O–H groups in total. The Balaban J connectivity index is 1.66. The number of ether oxygens (including phenoxy) is 1. The first kappa shape index (κ1) is 15.3. The number of nitrogens with two attached hydrogens (primary N) is 1. The summed E-state index contributed by atoms with van der Waals surface area (Å²) >= 11 is 0. The quantitative estimate of drug-likeness (QED) is 0.705. The summed E-state index contributed by atoms with van der Waals surface area (Å²) < 4.78 is 5.86. The average Bonchev–Trinajstić information content (AvgIpc) is 2.45. The van der Waals surface area contributed by atoms with Gasteiger partial charge in [-0.05, 0) is 37.8 Å². The highest BCUT2D eigenvalue weighted by atomic mass is 16.5. The molecule has 1 aliphatic rings. The maximum atomic E-state index is 5.86. The summed E-state index contributed by atoms with van der Waals surface area (Å²) in [6, 6.07) is 8.05. The fraction of sp³-hybridized carbons (Fsp3) is 0.647. The summed E-state index contributed by atoms with van der Waals surface area (Å²) in [5.41, 5.74) is 6.80. The van der Waals surface area contributed by atoms with E-state index in [0.29, 0.717) is 6.54 Å². The molecular formula is C17H28N2O. The van der Waals surface area contributed by atoms with Gasteiger partial charge in [0, 0.05) is 25.2 Å². The average molecular weight is 276 g/mol. The molecule has 0 radical (unpaired) electrons. The van der Waals surface area contributed by atoms with Gasteiger partial charge in [0.1, 0.15) is 5.75 Å². The zero-order chi connectivity index (χ0) is 14.2. The third-order valence-corrected chi connectivity index (χ3v) is 4.26. The van der Waals surface area contributed by atoms with Crippen molar-refractivity contribution in [1.29, 1.82) is 0 Å². The summed E-state index contributed by atoms with van der Waals surface area (Å²) in [7, 11) is 0. The van der Waals surface area contributed by atoms with Crippen LogP contribution in [0.15, 0.2) is 24.3 Å². The molecule has 112 valence electrons. The fourth-order valence-electron chi connectivity index (χ4n) is 2.70. The molecule has 1 aliphatic carbocycles. The van der Waals surface area contributed by atoms with Crippen molar-refractivity contribution in [3.05, 3.63) is 29.8 Å². The Morgan fingerprint density at radius 1 is 1.30 bits per heavy atom. The normalized spacial score (nSPS) is 15.3. The second kappa shape index (κ2) is 8.28. The van der Waals surface area contributed by atoms with Crippen molar-refractivity contribution in [3.8, 4) is 5.75 Å². The van der Waals surface area contributed by atoms with Crippen LogP contribution in [0.2, 0.25) is 0 Å². The van der Waals surface area contributed by atoms with Gasteiger partial charge in [-0.2, -0.15) is 0 Å². The molecule has 3 heteroatoms. The lowest BCUT2D eigenvalue weighted by atomic mass is 9.85. The minimum absolute atomic E-state index is 0.541. The Labute approximate surface area is 123 Å². The van der Waals surface area contributed by atoms with E-state index >= 15 is 0 Å². The van der Waals surface area contributed by atoms with Crippen molar-refractivity contribution < 1.29 is 4.74 Å². The Morgan fingerprint density at radius 3 is 2.75 bits per heavy atom. The standard InChI is InChI=1S/C17H28N2O/c1-2-19(14-15-7-5-8-15)11-6-12-20-17-10-4-3-9-16(17)13-18/h3-4,9-10,15H,2,5-8,11-14,18H2,1H3. The molecule has 0 spiro atoms. The lowest BCUT2D eigenvalue weighted by Gasteiger charge is -2.31. The van der Waals surface area contributed by atoms with Crippen LogP contribution in [-0.2, 0) is 6.54 Å². The predicted octanol–water partition coefficient (Wildman–Crippen LogP) is 3.04. The van der Waals surface area contributed by atoms with Gasteiger partial charge in [0.15, 0.2) is 0 Å². The maximum Gasteiger partial charge on any atom is 0.123 e. The van der Waals surface area contributed by atoms with E-state index in [-0.39, 0.29) is 0 Å². The van der Waals surface area contributed by atoms with Crippen molar-refractivity contribution in [2.75, 3.05) is 26.2 Å². The number of hydrogen-bond donors (Lipinski definition) is 1. The molecule has 20 heavy (non-hydrogen) atoms. The molecule has 1 saturated carbocycles. The first-order valence-corrected chi connectivity index (χ1v) is 7.96. The van der Waals surface area contributed by atoms with E-state index in [0.717, 1.165) is 43.3 Å². The summed E-state index contributed by atoms with van der Waals surface area (Å²) in [5, 5.41) is 0. The van der Waals surface area contributed by atoms with Gasteiger partial charge < -0.3 is 15.4 Å². The first-order valence-electron chi connectivity index (χ1n) is 7.96. The van der Waals surface area contributed by atoms with E-state index in [1.165, 1.54) is 25.8 Å². The van der Waals surface area contributed by atoms with E-state index in [1.54, 1.807) is 0 Å². The maximum absolute atomic E-state index is 5.86. The van der Waals surface area contributed by atoms with Gasteiger partial charge in [-0.15, -0.1) is 0 Å². The molecule has 0 aliphatic heterocycles. The van der Waals surface area contributed by atoms with Crippen LogP contribution < -0.4 is 10.5 Å².